The summed E-state index contributed by atoms with van der Waals surface area (Å²) >= 11 is 0. The first-order valence-corrected chi connectivity index (χ1v) is 7.21. The summed E-state index contributed by atoms with van der Waals surface area (Å²) in [6.07, 6.45) is 1.95. The van der Waals surface area contributed by atoms with Gasteiger partial charge < -0.3 is 14.2 Å². The van der Waals surface area contributed by atoms with E-state index in [-0.39, 0.29) is 11.7 Å². The third-order valence-electron chi connectivity index (χ3n) is 3.62. The molecule has 0 N–H and O–H groups in total. The molecule has 22 heavy (non-hydrogen) atoms. The van der Waals surface area contributed by atoms with Crippen molar-refractivity contribution in [3.8, 4) is 5.88 Å². The summed E-state index contributed by atoms with van der Waals surface area (Å²) in [5.41, 5.74) is 0.987. The zero-order valence-electron chi connectivity index (χ0n) is 12.9. The standard InChI is InChI=1S/C15H19N3O4/c1-15(2)21-9-10(22-15)6-7-18-13(19)8-16-11-4-5-12(20-3)17-14(11)18/h4-5,8,10H,6-7,9H2,1-3H3/t10-/m1/s1. The molecule has 0 saturated carbocycles. The molecular weight excluding hydrogens is 286 g/mol. The summed E-state index contributed by atoms with van der Waals surface area (Å²) in [5.74, 6) is -0.104. The second-order valence-corrected chi connectivity index (χ2v) is 5.68. The molecule has 0 unspecified atom stereocenters. The summed E-state index contributed by atoms with van der Waals surface area (Å²) in [6.45, 7) is 4.78. The van der Waals surface area contributed by atoms with Crippen LogP contribution in [-0.4, -0.2) is 40.1 Å². The molecule has 1 saturated heterocycles. The molecule has 1 aliphatic heterocycles. The predicted molar refractivity (Wildman–Crippen MR) is 79.9 cm³/mol. The Morgan fingerprint density at radius 2 is 2.27 bits per heavy atom. The van der Waals surface area contributed by atoms with E-state index in [2.05, 4.69) is 9.97 Å². The molecule has 118 valence electrons. The van der Waals surface area contributed by atoms with Crippen molar-refractivity contribution in [2.45, 2.75) is 38.7 Å². The minimum atomic E-state index is -0.558. The minimum Gasteiger partial charge on any atom is -0.481 e. The van der Waals surface area contributed by atoms with Gasteiger partial charge in [-0.3, -0.25) is 9.36 Å². The number of ether oxygens (including phenoxy) is 3. The van der Waals surface area contributed by atoms with Crippen LogP contribution in [0.4, 0.5) is 0 Å². The van der Waals surface area contributed by atoms with Crippen LogP contribution in [-0.2, 0) is 16.0 Å². The first kappa shape index (κ1) is 14.9. The molecule has 7 nitrogen and oxygen atoms in total. The number of fused-ring (bicyclic) bond motifs is 1. The predicted octanol–water partition coefficient (Wildman–Crippen LogP) is 1.34. The van der Waals surface area contributed by atoms with E-state index in [4.69, 9.17) is 14.2 Å². The molecule has 3 rings (SSSR count). The Bertz CT molecular complexity index is 741. The van der Waals surface area contributed by atoms with Crippen molar-refractivity contribution in [2.24, 2.45) is 0 Å². The lowest BCUT2D eigenvalue weighted by molar-refractivity contribution is -0.139. The van der Waals surface area contributed by atoms with Crippen molar-refractivity contribution < 1.29 is 14.2 Å². The highest BCUT2D eigenvalue weighted by molar-refractivity contribution is 5.70. The number of aryl methyl sites for hydroxylation is 1. The Kier molecular flexibility index (Phi) is 3.84. The lowest BCUT2D eigenvalue weighted by Gasteiger charge is -2.17. The molecule has 0 radical (unpaired) electrons. The second kappa shape index (κ2) is 5.66. The largest absolute Gasteiger partial charge is 0.481 e. The molecule has 1 atom stereocenters. The summed E-state index contributed by atoms with van der Waals surface area (Å²) in [7, 11) is 1.54. The van der Waals surface area contributed by atoms with Crippen LogP contribution in [0.25, 0.3) is 11.2 Å². The van der Waals surface area contributed by atoms with Gasteiger partial charge in [0.2, 0.25) is 5.88 Å². The fraction of sp³-hybridized carbons (Fsp3) is 0.533. The van der Waals surface area contributed by atoms with E-state index in [1.165, 1.54) is 6.20 Å². The molecule has 1 aliphatic rings. The van der Waals surface area contributed by atoms with Gasteiger partial charge in [-0.1, -0.05) is 0 Å². The van der Waals surface area contributed by atoms with Gasteiger partial charge in [-0.25, -0.2) is 4.98 Å². The molecule has 7 heteroatoms. The van der Waals surface area contributed by atoms with Crippen molar-refractivity contribution in [3.63, 3.8) is 0 Å². The van der Waals surface area contributed by atoms with E-state index in [1.807, 2.05) is 13.8 Å². The molecule has 0 bridgehead atoms. The van der Waals surface area contributed by atoms with Crippen molar-refractivity contribution in [1.82, 2.24) is 14.5 Å². The fourth-order valence-corrected chi connectivity index (χ4v) is 2.53. The Morgan fingerprint density at radius 1 is 1.45 bits per heavy atom. The molecular formula is C15H19N3O4. The lowest BCUT2D eigenvalue weighted by Crippen LogP contribution is -2.25. The normalized spacial score (nSPS) is 20.4. The number of hydrogen-bond donors (Lipinski definition) is 0. The van der Waals surface area contributed by atoms with Crippen LogP contribution >= 0.6 is 0 Å². The Balaban J connectivity index is 1.86. The topological polar surface area (TPSA) is 75.5 Å². The number of aromatic nitrogens is 3. The minimum absolute atomic E-state index is 0.0317. The van der Waals surface area contributed by atoms with Crippen molar-refractivity contribution >= 4 is 11.2 Å². The van der Waals surface area contributed by atoms with Gasteiger partial charge in [-0.05, 0) is 26.3 Å². The fourth-order valence-electron chi connectivity index (χ4n) is 2.53. The Hall–Kier alpha value is -1.99. The molecule has 0 aromatic carbocycles. The van der Waals surface area contributed by atoms with Crippen LogP contribution in [0.1, 0.15) is 20.3 Å². The average Bonchev–Trinajstić information content (AvgIpc) is 2.85. The molecule has 0 aliphatic carbocycles. The lowest BCUT2D eigenvalue weighted by atomic mass is 10.2. The van der Waals surface area contributed by atoms with Crippen molar-refractivity contribution in [3.05, 3.63) is 28.7 Å². The van der Waals surface area contributed by atoms with E-state index in [0.717, 1.165) is 0 Å². The molecule has 2 aromatic rings. The Labute approximate surface area is 127 Å². The van der Waals surface area contributed by atoms with E-state index < -0.39 is 5.79 Å². The summed E-state index contributed by atoms with van der Waals surface area (Å²) < 4.78 is 18.0. The maximum Gasteiger partial charge on any atom is 0.270 e. The monoisotopic (exact) mass is 305 g/mol. The van der Waals surface area contributed by atoms with Gasteiger partial charge in [-0.15, -0.1) is 0 Å². The van der Waals surface area contributed by atoms with Crippen LogP contribution in [0.5, 0.6) is 5.88 Å². The van der Waals surface area contributed by atoms with Gasteiger partial charge in [0.1, 0.15) is 5.52 Å². The zero-order valence-corrected chi connectivity index (χ0v) is 12.9. The highest BCUT2D eigenvalue weighted by Crippen LogP contribution is 2.24. The van der Waals surface area contributed by atoms with Crippen LogP contribution in [0.3, 0.4) is 0 Å². The van der Waals surface area contributed by atoms with E-state index in [1.54, 1.807) is 23.8 Å². The second-order valence-electron chi connectivity index (χ2n) is 5.68. The summed E-state index contributed by atoms with van der Waals surface area (Å²) in [6, 6.07) is 3.51. The number of pyridine rings is 1. The van der Waals surface area contributed by atoms with Gasteiger partial charge in [0.05, 0.1) is 26.0 Å². The molecule has 0 spiro atoms. The Morgan fingerprint density at radius 3 is 2.95 bits per heavy atom. The molecule has 0 amide bonds. The maximum atomic E-state index is 12.1. The molecule has 3 heterocycles. The quantitative estimate of drug-likeness (QED) is 0.848. The van der Waals surface area contributed by atoms with Crippen LogP contribution in [0.2, 0.25) is 0 Å². The van der Waals surface area contributed by atoms with Gasteiger partial charge in [0, 0.05) is 12.6 Å². The number of methoxy groups -OCH3 is 1. The SMILES string of the molecule is COc1ccc2ncc(=O)n(CC[C@@H]3COC(C)(C)O3)c2n1. The van der Waals surface area contributed by atoms with E-state index in [9.17, 15) is 4.79 Å². The third kappa shape index (κ3) is 2.95. The smallest absolute Gasteiger partial charge is 0.270 e. The zero-order chi connectivity index (χ0) is 15.7. The van der Waals surface area contributed by atoms with Gasteiger partial charge in [0.15, 0.2) is 11.4 Å². The number of hydrogen-bond acceptors (Lipinski definition) is 6. The van der Waals surface area contributed by atoms with Crippen molar-refractivity contribution in [2.75, 3.05) is 13.7 Å². The van der Waals surface area contributed by atoms with Crippen LogP contribution in [0, 0.1) is 0 Å². The highest BCUT2D eigenvalue weighted by Gasteiger charge is 2.32. The maximum absolute atomic E-state index is 12.1. The molecule has 2 aromatic heterocycles. The van der Waals surface area contributed by atoms with E-state index in [0.29, 0.717) is 36.6 Å². The van der Waals surface area contributed by atoms with E-state index >= 15 is 0 Å². The summed E-state index contributed by atoms with van der Waals surface area (Å²) in [5, 5.41) is 0. The van der Waals surface area contributed by atoms with Crippen molar-refractivity contribution in [1.29, 1.82) is 0 Å². The number of nitrogens with zero attached hydrogens (tertiary/aromatic N) is 3. The van der Waals surface area contributed by atoms with Crippen LogP contribution < -0.4 is 10.3 Å². The molecule has 1 fully saturated rings. The number of rotatable bonds is 4. The van der Waals surface area contributed by atoms with Gasteiger partial charge in [-0.2, -0.15) is 4.98 Å². The first-order valence-electron chi connectivity index (χ1n) is 7.21. The van der Waals surface area contributed by atoms with Gasteiger partial charge in [0.25, 0.3) is 5.56 Å². The van der Waals surface area contributed by atoms with Gasteiger partial charge >= 0.3 is 0 Å². The summed E-state index contributed by atoms with van der Waals surface area (Å²) in [4.78, 5) is 20.6. The van der Waals surface area contributed by atoms with Crippen LogP contribution in [0.15, 0.2) is 23.1 Å². The first-order chi connectivity index (χ1) is 10.5. The third-order valence-corrected chi connectivity index (χ3v) is 3.62. The average molecular weight is 305 g/mol. The highest BCUT2D eigenvalue weighted by atomic mass is 16.7.